The molecule has 3 heterocycles. The molecule has 0 aromatic carbocycles. The lowest BCUT2D eigenvalue weighted by atomic mass is 10.1. The largest absolute Gasteiger partial charge is 0.371 e. The van der Waals surface area contributed by atoms with Crippen molar-refractivity contribution in [2.45, 2.75) is 39.1 Å². The molecule has 0 saturated carbocycles. The zero-order valence-corrected chi connectivity index (χ0v) is 11.8. The van der Waals surface area contributed by atoms with E-state index in [0.29, 0.717) is 6.61 Å². The van der Waals surface area contributed by atoms with Crippen LogP contribution in [0.5, 0.6) is 0 Å². The SMILES string of the molecule is CC(C)OCc1nnc2n1CCNC2c1ccncc1. The number of hydrogen-bond acceptors (Lipinski definition) is 5. The van der Waals surface area contributed by atoms with E-state index in [1.807, 2.05) is 26.0 Å². The minimum absolute atomic E-state index is 0.0760. The minimum Gasteiger partial charge on any atom is -0.371 e. The highest BCUT2D eigenvalue weighted by molar-refractivity contribution is 5.24. The Labute approximate surface area is 118 Å². The standard InChI is InChI=1S/C14H19N5O/c1-10(2)20-9-12-17-18-14-13(16-7-8-19(12)14)11-3-5-15-6-4-11/h3-6,10,13,16H,7-9H2,1-2H3. The normalized spacial score (nSPS) is 18.2. The summed E-state index contributed by atoms with van der Waals surface area (Å²) in [6.45, 7) is 6.32. The quantitative estimate of drug-likeness (QED) is 0.909. The summed E-state index contributed by atoms with van der Waals surface area (Å²) >= 11 is 0. The van der Waals surface area contributed by atoms with Gasteiger partial charge in [-0.1, -0.05) is 0 Å². The van der Waals surface area contributed by atoms with Crippen molar-refractivity contribution < 1.29 is 4.74 Å². The first-order chi connectivity index (χ1) is 9.75. The van der Waals surface area contributed by atoms with Gasteiger partial charge in [0.05, 0.1) is 12.1 Å². The molecule has 106 valence electrons. The van der Waals surface area contributed by atoms with Crippen molar-refractivity contribution >= 4 is 0 Å². The van der Waals surface area contributed by atoms with Crippen LogP contribution in [0.4, 0.5) is 0 Å². The molecule has 0 aliphatic carbocycles. The van der Waals surface area contributed by atoms with Crippen LogP contribution in [0.2, 0.25) is 0 Å². The van der Waals surface area contributed by atoms with Crippen molar-refractivity contribution in [1.29, 1.82) is 0 Å². The molecule has 20 heavy (non-hydrogen) atoms. The molecule has 2 aromatic heterocycles. The molecule has 0 spiro atoms. The molecule has 2 aromatic rings. The number of hydrogen-bond donors (Lipinski definition) is 1. The lowest BCUT2D eigenvalue weighted by Gasteiger charge is -2.25. The van der Waals surface area contributed by atoms with Crippen molar-refractivity contribution in [2.24, 2.45) is 0 Å². The van der Waals surface area contributed by atoms with E-state index in [1.54, 1.807) is 12.4 Å². The maximum atomic E-state index is 5.64. The first-order valence-corrected chi connectivity index (χ1v) is 6.92. The van der Waals surface area contributed by atoms with Gasteiger partial charge in [-0.2, -0.15) is 0 Å². The third kappa shape index (κ3) is 2.57. The molecule has 1 aliphatic heterocycles. The fourth-order valence-electron chi connectivity index (χ4n) is 2.39. The van der Waals surface area contributed by atoms with Crippen LogP contribution >= 0.6 is 0 Å². The lowest BCUT2D eigenvalue weighted by molar-refractivity contribution is 0.0589. The van der Waals surface area contributed by atoms with Gasteiger partial charge in [0, 0.05) is 25.5 Å². The molecule has 0 bridgehead atoms. The van der Waals surface area contributed by atoms with Gasteiger partial charge in [-0.3, -0.25) is 4.98 Å². The first kappa shape index (κ1) is 13.2. The maximum absolute atomic E-state index is 5.64. The van der Waals surface area contributed by atoms with Gasteiger partial charge in [0.1, 0.15) is 6.61 Å². The van der Waals surface area contributed by atoms with Crippen LogP contribution in [-0.2, 0) is 17.9 Å². The zero-order valence-electron chi connectivity index (χ0n) is 11.8. The number of nitrogens with zero attached hydrogens (tertiary/aromatic N) is 4. The predicted molar refractivity (Wildman–Crippen MR) is 74.0 cm³/mol. The van der Waals surface area contributed by atoms with Crippen LogP contribution in [-0.4, -0.2) is 32.4 Å². The molecule has 0 fully saturated rings. The Morgan fingerprint density at radius 1 is 1.35 bits per heavy atom. The van der Waals surface area contributed by atoms with Crippen LogP contribution in [0.1, 0.15) is 37.1 Å². The van der Waals surface area contributed by atoms with E-state index in [4.69, 9.17) is 4.74 Å². The molecule has 0 saturated heterocycles. The number of pyridine rings is 1. The molecule has 3 rings (SSSR count). The smallest absolute Gasteiger partial charge is 0.159 e. The zero-order chi connectivity index (χ0) is 13.9. The molecule has 6 heteroatoms. The number of ether oxygens (including phenoxy) is 1. The summed E-state index contributed by atoms with van der Waals surface area (Å²) in [5.41, 5.74) is 1.16. The van der Waals surface area contributed by atoms with Crippen LogP contribution in [0.15, 0.2) is 24.5 Å². The van der Waals surface area contributed by atoms with Crippen molar-refractivity contribution in [1.82, 2.24) is 25.1 Å². The second-order valence-electron chi connectivity index (χ2n) is 5.15. The Balaban J connectivity index is 1.87. The van der Waals surface area contributed by atoms with Crippen LogP contribution in [0.3, 0.4) is 0 Å². The van der Waals surface area contributed by atoms with E-state index >= 15 is 0 Å². The molecular weight excluding hydrogens is 254 g/mol. The first-order valence-electron chi connectivity index (χ1n) is 6.92. The summed E-state index contributed by atoms with van der Waals surface area (Å²) in [5.74, 6) is 1.85. The minimum atomic E-state index is 0.0760. The summed E-state index contributed by atoms with van der Waals surface area (Å²) in [7, 11) is 0. The topological polar surface area (TPSA) is 64.9 Å². The van der Waals surface area contributed by atoms with Crippen LogP contribution in [0, 0.1) is 0 Å². The fraction of sp³-hybridized carbons (Fsp3) is 0.500. The monoisotopic (exact) mass is 273 g/mol. The molecule has 6 nitrogen and oxygen atoms in total. The average molecular weight is 273 g/mol. The van der Waals surface area contributed by atoms with Gasteiger partial charge in [-0.05, 0) is 31.5 Å². The Hall–Kier alpha value is -1.79. The summed E-state index contributed by atoms with van der Waals surface area (Å²) in [5, 5.41) is 12.1. The maximum Gasteiger partial charge on any atom is 0.159 e. The van der Waals surface area contributed by atoms with E-state index in [2.05, 4.69) is 25.1 Å². The van der Waals surface area contributed by atoms with E-state index in [9.17, 15) is 0 Å². The van der Waals surface area contributed by atoms with Crippen LogP contribution in [0.25, 0.3) is 0 Å². The Bertz CT molecular complexity index is 566. The Morgan fingerprint density at radius 2 is 2.15 bits per heavy atom. The van der Waals surface area contributed by atoms with Gasteiger partial charge in [0.25, 0.3) is 0 Å². The highest BCUT2D eigenvalue weighted by Crippen LogP contribution is 2.23. The average Bonchev–Trinajstić information content (AvgIpc) is 2.89. The number of nitrogens with one attached hydrogen (secondary N) is 1. The summed E-state index contributed by atoms with van der Waals surface area (Å²) in [6.07, 6.45) is 3.80. The van der Waals surface area contributed by atoms with Gasteiger partial charge in [-0.15, -0.1) is 10.2 Å². The van der Waals surface area contributed by atoms with Crippen molar-refractivity contribution in [2.75, 3.05) is 6.54 Å². The van der Waals surface area contributed by atoms with Crippen molar-refractivity contribution in [3.05, 3.63) is 41.7 Å². The van der Waals surface area contributed by atoms with Gasteiger partial charge in [-0.25, -0.2) is 0 Å². The Kier molecular flexibility index (Phi) is 3.75. The van der Waals surface area contributed by atoms with E-state index in [0.717, 1.165) is 30.3 Å². The molecule has 1 unspecified atom stereocenters. The number of fused-ring (bicyclic) bond motifs is 1. The summed E-state index contributed by atoms with van der Waals surface area (Å²) in [4.78, 5) is 4.06. The van der Waals surface area contributed by atoms with E-state index < -0.39 is 0 Å². The lowest BCUT2D eigenvalue weighted by Crippen LogP contribution is -2.35. The van der Waals surface area contributed by atoms with Crippen molar-refractivity contribution in [3.63, 3.8) is 0 Å². The van der Waals surface area contributed by atoms with Crippen LogP contribution < -0.4 is 5.32 Å². The van der Waals surface area contributed by atoms with E-state index in [1.165, 1.54) is 0 Å². The van der Waals surface area contributed by atoms with Crippen molar-refractivity contribution in [3.8, 4) is 0 Å². The van der Waals surface area contributed by atoms with E-state index in [-0.39, 0.29) is 12.1 Å². The molecular formula is C14H19N5O. The fourth-order valence-corrected chi connectivity index (χ4v) is 2.39. The third-order valence-corrected chi connectivity index (χ3v) is 3.38. The summed E-state index contributed by atoms with van der Waals surface area (Å²) < 4.78 is 7.80. The Morgan fingerprint density at radius 3 is 2.90 bits per heavy atom. The summed E-state index contributed by atoms with van der Waals surface area (Å²) in [6, 6.07) is 4.09. The second kappa shape index (κ2) is 5.68. The molecule has 0 radical (unpaired) electrons. The molecule has 1 atom stereocenters. The highest BCUT2D eigenvalue weighted by Gasteiger charge is 2.26. The predicted octanol–water partition coefficient (Wildman–Crippen LogP) is 1.29. The van der Waals surface area contributed by atoms with Gasteiger partial charge >= 0.3 is 0 Å². The second-order valence-corrected chi connectivity index (χ2v) is 5.15. The van der Waals surface area contributed by atoms with Gasteiger partial charge < -0.3 is 14.6 Å². The highest BCUT2D eigenvalue weighted by atomic mass is 16.5. The third-order valence-electron chi connectivity index (χ3n) is 3.38. The number of rotatable bonds is 4. The van der Waals surface area contributed by atoms with Gasteiger partial charge in [0.2, 0.25) is 0 Å². The molecule has 1 aliphatic rings. The number of aromatic nitrogens is 4. The van der Waals surface area contributed by atoms with Gasteiger partial charge in [0.15, 0.2) is 11.6 Å². The molecule has 1 N–H and O–H groups in total. The molecule has 0 amide bonds.